The molecular formula is C27H29NO2. The van der Waals surface area contributed by atoms with Crippen LogP contribution >= 0.6 is 0 Å². The Balaban J connectivity index is 1.53. The van der Waals surface area contributed by atoms with Crippen molar-refractivity contribution in [3.05, 3.63) is 114 Å². The van der Waals surface area contributed by atoms with E-state index in [0.29, 0.717) is 6.61 Å². The number of hydrogen-bond acceptors (Lipinski definition) is 3. The fourth-order valence-electron chi connectivity index (χ4n) is 4.42. The van der Waals surface area contributed by atoms with Crippen LogP contribution in [0, 0.1) is 0 Å². The average Bonchev–Trinajstić information content (AvgIpc) is 3.30. The van der Waals surface area contributed by atoms with Gasteiger partial charge in [0.2, 0.25) is 0 Å². The van der Waals surface area contributed by atoms with Crippen molar-refractivity contribution in [1.82, 2.24) is 5.32 Å². The third-order valence-electron chi connectivity index (χ3n) is 6.01. The zero-order chi connectivity index (χ0) is 20.8. The Morgan fingerprint density at radius 1 is 0.933 bits per heavy atom. The van der Waals surface area contributed by atoms with Crippen LogP contribution in [0.25, 0.3) is 6.08 Å². The Labute approximate surface area is 179 Å². The molecule has 4 rings (SSSR count). The van der Waals surface area contributed by atoms with Gasteiger partial charge in [-0.05, 0) is 28.7 Å². The summed E-state index contributed by atoms with van der Waals surface area (Å²) < 4.78 is 12.6. The molecular weight excluding hydrogens is 370 g/mol. The summed E-state index contributed by atoms with van der Waals surface area (Å²) in [6.45, 7) is 5.22. The smallest absolute Gasteiger partial charge is 0.133 e. The minimum atomic E-state index is -0.563. The van der Waals surface area contributed by atoms with Crippen molar-refractivity contribution < 1.29 is 9.47 Å². The van der Waals surface area contributed by atoms with Gasteiger partial charge in [0, 0.05) is 19.7 Å². The zero-order valence-electron chi connectivity index (χ0n) is 17.5. The minimum Gasteiger partial charge on any atom is -0.372 e. The molecule has 1 aliphatic heterocycles. The Kier molecular flexibility index (Phi) is 6.44. The molecule has 0 bridgehead atoms. The monoisotopic (exact) mass is 399 g/mol. The summed E-state index contributed by atoms with van der Waals surface area (Å²) in [6.07, 6.45) is 2.87. The normalized spacial score (nSPS) is 19.0. The van der Waals surface area contributed by atoms with Gasteiger partial charge in [-0.2, -0.15) is 0 Å². The van der Waals surface area contributed by atoms with Crippen LogP contribution in [0.1, 0.15) is 28.7 Å². The van der Waals surface area contributed by atoms with Crippen molar-refractivity contribution in [3.63, 3.8) is 0 Å². The number of rotatable bonds is 8. The highest BCUT2D eigenvalue weighted by molar-refractivity contribution is 5.47. The van der Waals surface area contributed by atoms with E-state index in [0.717, 1.165) is 29.7 Å². The maximum Gasteiger partial charge on any atom is 0.133 e. The van der Waals surface area contributed by atoms with Gasteiger partial charge in [0.15, 0.2) is 0 Å². The molecule has 3 heteroatoms. The van der Waals surface area contributed by atoms with Gasteiger partial charge in [-0.3, -0.25) is 0 Å². The SMILES string of the molecule is C=Cc1ccc(CO[C@H]2CN[C@@H](C(OC)(c3ccccc3)c3ccccc3)C2)cc1. The number of benzene rings is 3. The summed E-state index contributed by atoms with van der Waals surface area (Å²) in [7, 11) is 1.80. The van der Waals surface area contributed by atoms with Crippen molar-refractivity contribution in [1.29, 1.82) is 0 Å². The van der Waals surface area contributed by atoms with E-state index in [1.165, 1.54) is 5.56 Å². The molecule has 1 N–H and O–H groups in total. The molecule has 3 nitrogen and oxygen atoms in total. The molecule has 0 spiro atoms. The molecule has 0 radical (unpaired) electrons. The van der Waals surface area contributed by atoms with E-state index < -0.39 is 5.60 Å². The molecule has 1 heterocycles. The summed E-state index contributed by atoms with van der Waals surface area (Å²) in [5.74, 6) is 0. The molecule has 154 valence electrons. The van der Waals surface area contributed by atoms with Crippen molar-refractivity contribution in [2.24, 2.45) is 0 Å². The maximum absolute atomic E-state index is 6.30. The summed E-state index contributed by atoms with van der Waals surface area (Å²) in [5, 5.41) is 3.69. The molecule has 3 aromatic carbocycles. The molecule has 1 aliphatic rings. The lowest BCUT2D eigenvalue weighted by atomic mass is 9.79. The zero-order valence-corrected chi connectivity index (χ0v) is 17.5. The largest absolute Gasteiger partial charge is 0.372 e. The van der Waals surface area contributed by atoms with Crippen LogP contribution in [0.2, 0.25) is 0 Å². The highest BCUT2D eigenvalue weighted by Crippen LogP contribution is 2.40. The molecule has 0 unspecified atom stereocenters. The fourth-order valence-corrected chi connectivity index (χ4v) is 4.42. The standard InChI is InChI=1S/C27H29NO2/c1-3-21-14-16-22(17-15-21)20-30-25-18-26(28-19-25)27(29-2,23-10-6-4-7-11-23)24-12-8-5-9-13-24/h3-17,25-26,28H,1,18-20H2,2H3/t25-,26-/m1/s1. The number of ether oxygens (including phenoxy) is 2. The molecule has 3 aromatic rings. The first-order chi connectivity index (χ1) is 14.8. The topological polar surface area (TPSA) is 30.5 Å². The molecule has 0 amide bonds. The second kappa shape index (κ2) is 9.40. The van der Waals surface area contributed by atoms with E-state index in [1.807, 2.05) is 18.2 Å². The van der Waals surface area contributed by atoms with Crippen LogP contribution in [0.5, 0.6) is 0 Å². The van der Waals surface area contributed by atoms with Crippen molar-refractivity contribution in [3.8, 4) is 0 Å². The minimum absolute atomic E-state index is 0.112. The van der Waals surface area contributed by atoms with E-state index in [2.05, 4.69) is 84.7 Å². The van der Waals surface area contributed by atoms with Gasteiger partial charge in [0.25, 0.3) is 0 Å². The highest BCUT2D eigenvalue weighted by atomic mass is 16.5. The summed E-state index contributed by atoms with van der Waals surface area (Å²) in [4.78, 5) is 0. The first kappa shape index (κ1) is 20.5. The second-order valence-corrected chi connectivity index (χ2v) is 7.75. The average molecular weight is 400 g/mol. The summed E-state index contributed by atoms with van der Waals surface area (Å²) >= 11 is 0. The van der Waals surface area contributed by atoms with Gasteiger partial charge in [-0.15, -0.1) is 0 Å². The number of methoxy groups -OCH3 is 1. The highest BCUT2D eigenvalue weighted by Gasteiger charge is 2.46. The Morgan fingerprint density at radius 2 is 1.53 bits per heavy atom. The van der Waals surface area contributed by atoms with Gasteiger partial charge >= 0.3 is 0 Å². The van der Waals surface area contributed by atoms with Gasteiger partial charge in [0.05, 0.1) is 12.7 Å². The molecule has 0 aromatic heterocycles. The van der Waals surface area contributed by atoms with Crippen LogP contribution in [-0.2, 0) is 21.7 Å². The van der Waals surface area contributed by atoms with E-state index >= 15 is 0 Å². The van der Waals surface area contributed by atoms with Crippen LogP contribution in [0.3, 0.4) is 0 Å². The van der Waals surface area contributed by atoms with Crippen LogP contribution in [0.15, 0.2) is 91.5 Å². The van der Waals surface area contributed by atoms with Crippen molar-refractivity contribution >= 4 is 6.08 Å². The Morgan fingerprint density at radius 3 is 2.07 bits per heavy atom. The van der Waals surface area contributed by atoms with E-state index in [4.69, 9.17) is 9.47 Å². The second-order valence-electron chi connectivity index (χ2n) is 7.75. The predicted octanol–water partition coefficient (Wildman–Crippen LogP) is 5.17. The van der Waals surface area contributed by atoms with E-state index in [-0.39, 0.29) is 12.1 Å². The predicted molar refractivity (Wildman–Crippen MR) is 122 cm³/mol. The lowest BCUT2D eigenvalue weighted by Gasteiger charge is -2.39. The quantitative estimate of drug-likeness (QED) is 0.567. The molecule has 1 saturated heterocycles. The Hall–Kier alpha value is -2.72. The lowest BCUT2D eigenvalue weighted by Crippen LogP contribution is -2.47. The van der Waals surface area contributed by atoms with Gasteiger partial charge < -0.3 is 14.8 Å². The van der Waals surface area contributed by atoms with Gasteiger partial charge in [-0.1, -0.05) is 97.6 Å². The number of nitrogens with one attached hydrogen (secondary N) is 1. The molecule has 30 heavy (non-hydrogen) atoms. The van der Waals surface area contributed by atoms with Crippen LogP contribution < -0.4 is 5.32 Å². The molecule has 0 aliphatic carbocycles. The van der Waals surface area contributed by atoms with Crippen molar-refractivity contribution in [2.75, 3.05) is 13.7 Å². The Bertz CT molecular complexity index is 898. The van der Waals surface area contributed by atoms with E-state index in [1.54, 1.807) is 7.11 Å². The first-order valence-corrected chi connectivity index (χ1v) is 10.5. The van der Waals surface area contributed by atoms with Crippen LogP contribution in [0.4, 0.5) is 0 Å². The van der Waals surface area contributed by atoms with Crippen LogP contribution in [-0.4, -0.2) is 25.8 Å². The maximum atomic E-state index is 6.30. The first-order valence-electron chi connectivity index (χ1n) is 10.5. The summed E-state index contributed by atoms with van der Waals surface area (Å²) in [5.41, 5.74) is 4.03. The van der Waals surface area contributed by atoms with Crippen molar-refractivity contribution in [2.45, 2.75) is 30.8 Å². The van der Waals surface area contributed by atoms with Gasteiger partial charge in [0.1, 0.15) is 5.60 Å². The fraction of sp³-hybridized carbons (Fsp3) is 0.259. The van der Waals surface area contributed by atoms with Gasteiger partial charge in [-0.25, -0.2) is 0 Å². The number of hydrogen-bond donors (Lipinski definition) is 1. The summed E-state index contributed by atoms with van der Waals surface area (Å²) in [6, 6.07) is 29.4. The third kappa shape index (κ3) is 4.10. The lowest BCUT2D eigenvalue weighted by molar-refractivity contribution is -0.0140. The third-order valence-corrected chi connectivity index (χ3v) is 6.01. The molecule has 2 atom stereocenters. The molecule has 1 fully saturated rings. The van der Waals surface area contributed by atoms with E-state index in [9.17, 15) is 0 Å². The molecule has 0 saturated carbocycles.